The fourth-order valence-electron chi connectivity index (χ4n) is 3.02. The van der Waals surface area contributed by atoms with Crippen LogP contribution in [0.5, 0.6) is 0 Å². The minimum absolute atomic E-state index is 0.187. The normalized spacial score (nSPS) is 30.1. The van der Waals surface area contributed by atoms with Crippen LogP contribution in [0.2, 0.25) is 0 Å². The van der Waals surface area contributed by atoms with Crippen LogP contribution < -0.4 is 11.1 Å². The van der Waals surface area contributed by atoms with E-state index in [2.05, 4.69) is 5.32 Å². The van der Waals surface area contributed by atoms with E-state index in [-0.39, 0.29) is 17.7 Å². The van der Waals surface area contributed by atoms with Crippen LogP contribution in [0.15, 0.2) is 36.4 Å². The first kappa shape index (κ1) is 11.0. The first-order valence-corrected chi connectivity index (χ1v) is 6.04. The van der Waals surface area contributed by atoms with Gasteiger partial charge in [0.25, 0.3) is 0 Å². The fraction of sp³-hybridized carbons (Fsp3) is 0.286. The molecule has 0 bridgehead atoms. The third-order valence-electron chi connectivity index (χ3n) is 3.89. The molecular formula is C14H14N2O2. The van der Waals surface area contributed by atoms with Gasteiger partial charge in [-0.25, -0.2) is 0 Å². The standard InChI is InChI=1S/C14H14N2O2/c15-11-7-2-1-5-9(11)14-8-4-3-6-10(14)12(17)16-13(14)18/h1-2,4-5,7-8,10H,3,6,15H2,(H,16,17,18). The summed E-state index contributed by atoms with van der Waals surface area (Å²) in [4.78, 5) is 24.2. The minimum Gasteiger partial charge on any atom is -0.398 e. The number of nitrogen functional groups attached to an aromatic ring is 1. The predicted octanol–water partition coefficient (Wildman–Crippen LogP) is 1.13. The smallest absolute Gasteiger partial charge is 0.241 e. The highest BCUT2D eigenvalue weighted by Gasteiger charge is 2.55. The highest BCUT2D eigenvalue weighted by Crippen LogP contribution is 2.45. The Bertz CT molecular complexity index is 565. The molecular weight excluding hydrogens is 228 g/mol. The van der Waals surface area contributed by atoms with E-state index in [0.717, 1.165) is 12.0 Å². The average Bonchev–Trinajstić information content (AvgIpc) is 2.63. The van der Waals surface area contributed by atoms with Crippen molar-refractivity contribution >= 4 is 17.5 Å². The molecule has 3 rings (SSSR count). The number of para-hydroxylation sites is 1. The van der Waals surface area contributed by atoms with Crippen LogP contribution in [-0.4, -0.2) is 11.8 Å². The van der Waals surface area contributed by atoms with Gasteiger partial charge in [-0.3, -0.25) is 14.9 Å². The molecule has 1 aliphatic heterocycles. The number of imide groups is 1. The Morgan fingerprint density at radius 3 is 2.83 bits per heavy atom. The summed E-state index contributed by atoms with van der Waals surface area (Å²) >= 11 is 0. The van der Waals surface area contributed by atoms with Gasteiger partial charge in [0.1, 0.15) is 5.41 Å². The maximum atomic E-state index is 12.3. The molecule has 2 atom stereocenters. The first-order valence-electron chi connectivity index (χ1n) is 6.04. The summed E-state index contributed by atoms with van der Waals surface area (Å²) in [6, 6.07) is 7.26. The van der Waals surface area contributed by atoms with Crippen molar-refractivity contribution in [1.82, 2.24) is 5.32 Å². The van der Waals surface area contributed by atoms with Gasteiger partial charge in [-0.2, -0.15) is 0 Å². The molecule has 1 heterocycles. The summed E-state index contributed by atoms with van der Waals surface area (Å²) in [5, 5.41) is 2.44. The highest BCUT2D eigenvalue weighted by atomic mass is 16.2. The SMILES string of the molecule is Nc1ccccc1C12C=CCCC1C(=O)NC2=O. The van der Waals surface area contributed by atoms with E-state index in [0.29, 0.717) is 12.1 Å². The third-order valence-corrected chi connectivity index (χ3v) is 3.89. The number of anilines is 1. The fourth-order valence-corrected chi connectivity index (χ4v) is 3.02. The van der Waals surface area contributed by atoms with E-state index in [4.69, 9.17) is 5.73 Å². The highest BCUT2D eigenvalue weighted by molar-refractivity contribution is 6.12. The van der Waals surface area contributed by atoms with E-state index in [1.807, 2.05) is 30.4 Å². The van der Waals surface area contributed by atoms with Crippen molar-refractivity contribution < 1.29 is 9.59 Å². The summed E-state index contributed by atoms with van der Waals surface area (Å²) in [6.07, 6.45) is 5.30. The number of allylic oxidation sites excluding steroid dienone is 1. The number of benzene rings is 1. The molecule has 2 unspecified atom stereocenters. The van der Waals surface area contributed by atoms with Crippen LogP contribution in [0.1, 0.15) is 18.4 Å². The molecule has 2 amide bonds. The summed E-state index contributed by atoms with van der Waals surface area (Å²) in [5.41, 5.74) is 6.37. The molecule has 1 aromatic carbocycles. The van der Waals surface area contributed by atoms with Gasteiger partial charge in [0.15, 0.2) is 0 Å². The number of amides is 2. The van der Waals surface area contributed by atoms with Gasteiger partial charge >= 0.3 is 0 Å². The van der Waals surface area contributed by atoms with Crippen molar-refractivity contribution in [2.24, 2.45) is 5.92 Å². The van der Waals surface area contributed by atoms with Gasteiger partial charge in [-0.05, 0) is 24.5 Å². The van der Waals surface area contributed by atoms with E-state index in [1.165, 1.54) is 0 Å². The number of carbonyl (C=O) groups excluding carboxylic acids is 2. The van der Waals surface area contributed by atoms with Crippen molar-refractivity contribution in [3.05, 3.63) is 42.0 Å². The lowest BCUT2D eigenvalue weighted by atomic mass is 9.67. The Balaban J connectivity index is 2.25. The van der Waals surface area contributed by atoms with E-state index < -0.39 is 5.41 Å². The number of fused-ring (bicyclic) bond motifs is 1. The Morgan fingerprint density at radius 1 is 1.28 bits per heavy atom. The lowest BCUT2D eigenvalue weighted by molar-refractivity contribution is -0.126. The Hall–Kier alpha value is -2.10. The van der Waals surface area contributed by atoms with Crippen LogP contribution >= 0.6 is 0 Å². The summed E-state index contributed by atoms with van der Waals surface area (Å²) in [6.45, 7) is 0. The number of hydrogen-bond donors (Lipinski definition) is 2. The maximum absolute atomic E-state index is 12.3. The second-order valence-electron chi connectivity index (χ2n) is 4.81. The van der Waals surface area contributed by atoms with E-state index in [9.17, 15) is 9.59 Å². The Morgan fingerprint density at radius 2 is 2.06 bits per heavy atom. The van der Waals surface area contributed by atoms with Gasteiger partial charge < -0.3 is 5.73 Å². The lowest BCUT2D eigenvalue weighted by Gasteiger charge is -2.32. The number of rotatable bonds is 1. The zero-order valence-corrected chi connectivity index (χ0v) is 9.85. The molecule has 2 aliphatic rings. The van der Waals surface area contributed by atoms with Gasteiger partial charge in [0, 0.05) is 5.69 Å². The second kappa shape index (κ2) is 3.70. The molecule has 1 aliphatic carbocycles. The van der Waals surface area contributed by atoms with Crippen LogP contribution in [0.25, 0.3) is 0 Å². The van der Waals surface area contributed by atoms with Crippen LogP contribution in [0.4, 0.5) is 5.69 Å². The molecule has 1 fully saturated rings. The van der Waals surface area contributed by atoms with Crippen molar-refractivity contribution in [2.45, 2.75) is 18.3 Å². The molecule has 3 N–H and O–H groups in total. The van der Waals surface area contributed by atoms with E-state index >= 15 is 0 Å². The summed E-state index contributed by atoms with van der Waals surface area (Å²) in [5.74, 6) is -0.779. The van der Waals surface area contributed by atoms with Crippen LogP contribution in [0.3, 0.4) is 0 Å². The quantitative estimate of drug-likeness (QED) is 0.440. The minimum atomic E-state index is -0.902. The van der Waals surface area contributed by atoms with Crippen molar-refractivity contribution in [2.75, 3.05) is 5.73 Å². The van der Waals surface area contributed by atoms with Crippen LogP contribution in [0, 0.1) is 5.92 Å². The number of nitrogens with one attached hydrogen (secondary N) is 1. The molecule has 92 valence electrons. The zero-order chi connectivity index (χ0) is 12.8. The van der Waals surface area contributed by atoms with Gasteiger partial charge in [-0.1, -0.05) is 30.4 Å². The molecule has 0 saturated carbocycles. The second-order valence-corrected chi connectivity index (χ2v) is 4.81. The van der Waals surface area contributed by atoms with E-state index in [1.54, 1.807) is 6.07 Å². The molecule has 4 heteroatoms. The van der Waals surface area contributed by atoms with Crippen molar-refractivity contribution in [3.63, 3.8) is 0 Å². The van der Waals surface area contributed by atoms with Gasteiger partial charge in [0.2, 0.25) is 11.8 Å². The Labute approximate surface area is 105 Å². The Kier molecular flexibility index (Phi) is 2.26. The summed E-state index contributed by atoms with van der Waals surface area (Å²) < 4.78 is 0. The number of hydrogen-bond acceptors (Lipinski definition) is 3. The zero-order valence-electron chi connectivity index (χ0n) is 9.85. The topological polar surface area (TPSA) is 72.2 Å². The molecule has 4 nitrogen and oxygen atoms in total. The largest absolute Gasteiger partial charge is 0.398 e. The lowest BCUT2D eigenvalue weighted by Crippen LogP contribution is -2.40. The molecule has 0 aromatic heterocycles. The van der Waals surface area contributed by atoms with Gasteiger partial charge in [-0.15, -0.1) is 0 Å². The van der Waals surface area contributed by atoms with Gasteiger partial charge in [0.05, 0.1) is 5.92 Å². The molecule has 1 saturated heterocycles. The molecule has 1 aromatic rings. The van der Waals surface area contributed by atoms with Crippen LogP contribution in [-0.2, 0) is 15.0 Å². The average molecular weight is 242 g/mol. The monoisotopic (exact) mass is 242 g/mol. The van der Waals surface area contributed by atoms with Crippen molar-refractivity contribution in [1.29, 1.82) is 0 Å². The first-order chi connectivity index (χ1) is 8.66. The predicted molar refractivity (Wildman–Crippen MR) is 67.5 cm³/mol. The molecule has 0 spiro atoms. The summed E-state index contributed by atoms with van der Waals surface area (Å²) in [7, 11) is 0. The number of carbonyl (C=O) groups is 2. The maximum Gasteiger partial charge on any atom is 0.241 e. The molecule has 18 heavy (non-hydrogen) atoms. The number of nitrogens with two attached hydrogens (primary N) is 1. The third kappa shape index (κ3) is 1.26. The molecule has 0 radical (unpaired) electrons. The van der Waals surface area contributed by atoms with Crippen molar-refractivity contribution in [3.8, 4) is 0 Å².